The molecule has 0 aromatic carbocycles. The lowest BCUT2D eigenvalue weighted by molar-refractivity contribution is -0.144. The van der Waals surface area contributed by atoms with Gasteiger partial charge in [0.05, 0.1) is 11.9 Å². The molecule has 0 aliphatic rings. The van der Waals surface area contributed by atoms with Crippen LogP contribution >= 0.6 is 0 Å². The van der Waals surface area contributed by atoms with Crippen LogP contribution in [-0.2, 0) is 6.18 Å². The molecule has 0 unspecified atom stereocenters. The number of hydrogen-bond donors (Lipinski definition) is 2. The van der Waals surface area contributed by atoms with Crippen molar-refractivity contribution in [2.75, 3.05) is 5.32 Å². The van der Waals surface area contributed by atoms with E-state index in [1.807, 2.05) is 13.8 Å². The first-order chi connectivity index (χ1) is 12.6. The van der Waals surface area contributed by atoms with Gasteiger partial charge in [-0.2, -0.15) is 22.8 Å². The number of carbonyl (C=O) groups excluding carboxylic acids is 1. The van der Waals surface area contributed by atoms with Gasteiger partial charge in [0.1, 0.15) is 5.82 Å². The molecule has 27 heavy (non-hydrogen) atoms. The zero-order valence-corrected chi connectivity index (χ0v) is 14.5. The third-order valence-corrected chi connectivity index (χ3v) is 3.54. The first kappa shape index (κ1) is 18.5. The maximum Gasteiger partial charge on any atom is 0.451 e. The van der Waals surface area contributed by atoms with Gasteiger partial charge in [-0.05, 0) is 25.0 Å². The molecule has 9 nitrogen and oxygen atoms in total. The number of aromatic amines is 1. The van der Waals surface area contributed by atoms with Crippen LogP contribution in [0.25, 0.3) is 5.95 Å². The molecule has 3 heterocycles. The number of halogens is 3. The molecule has 0 fully saturated rings. The molecule has 3 aromatic rings. The van der Waals surface area contributed by atoms with Gasteiger partial charge < -0.3 is 5.32 Å². The third-order valence-electron chi connectivity index (χ3n) is 3.54. The predicted molar refractivity (Wildman–Crippen MR) is 87.3 cm³/mol. The van der Waals surface area contributed by atoms with Crippen LogP contribution in [0.5, 0.6) is 0 Å². The number of hydrogen-bond acceptors (Lipinski definition) is 6. The predicted octanol–water partition coefficient (Wildman–Crippen LogP) is 2.48. The van der Waals surface area contributed by atoms with Gasteiger partial charge in [0.25, 0.3) is 11.9 Å². The topological polar surface area (TPSA) is 114 Å². The lowest BCUT2D eigenvalue weighted by Crippen LogP contribution is -2.14. The summed E-state index contributed by atoms with van der Waals surface area (Å²) in [7, 11) is 0. The second kappa shape index (κ2) is 6.78. The molecule has 0 aliphatic heterocycles. The minimum Gasteiger partial charge on any atom is -0.318 e. The molecule has 3 aromatic heterocycles. The first-order valence-corrected chi connectivity index (χ1v) is 7.86. The van der Waals surface area contributed by atoms with E-state index in [1.165, 1.54) is 13.1 Å². The Labute approximate surface area is 151 Å². The van der Waals surface area contributed by atoms with Gasteiger partial charge in [-0.1, -0.05) is 13.8 Å². The fourth-order valence-corrected chi connectivity index (χ4v) is 2.16. The summed E-state index contributed by atoms with van der Waals surface area (Å²) < 4.78 is 38.8. The Hall–Kier alpha value is -3.31. The van der Waals surface area contributed by atoms with Crippen LogP contribution in [0.1, 0.15) is 47.7 Å². The molecule has 0 saturated heterocycles. The molecule has 3 rings (SSSR count). The first-order valence-electron chi connectivity index (χ1n) is 7.86. The second-order valence-electron chi connectivity index (χ2n) is 5.96. The standard InChI is InChI=1S/C15H15F3N8O/c1-7(2)10-5-4-9(6-19-10)21-12(27)11-20-8(3)26(25-11)14-22-13(23-24-14)15(16,17)18/h4-7H,1-3H3,(H,21,27)(H,22,23,24). The molecule has 0 bridgehead atoms. The lowest BCUT2D eigenvalue weighted by atomic mass is 10.1. The largest absolute Gasteiger partial charge is 0.451 e. The van der Waals surface area contributed by atoms with Crippen molar-refractivity contribution in [3.05, 3.63) is 41.5 Å². The van der Waals surface area contributed by atoms with Gasteiger partial charge in [-0.25, -0.2) is 4.98 Å². The smallest absolute Gasteiger partial charge is 0.318 e. The van der Waals surface area contributed by atoms with Crippen LogP contribution in [0.4, 0.5) is 18.9 Å². The zero-order chi connectivity index (χ0) is 19.8. The van der Waals surface area contributed by atoms with Crippen molar-refractivity contribution in [3.63, 3.8) is 0 Å². The van der Waals surface area contributed by atoms with E-state index in [-0.39, 0.29) is 23.5 Å². The maximum absolute atomic E-state index is 12.6. The van der Waals surface area contributed by atoms with Crippen LogP contribution in [0.3, 0.4) is 0 Å². The lowest BCUT2D eigenvalue weighted by Gasteiger charge is -2.06. The van der Waals surface area contributed by atoms with Gasteiger partial charge >= 0.3 is 6.18 Å². The number of pyridine rings is 1. The highest BCUT2D eigenvalue weighted by Gasteiger charge is 2.35. The van der Waals surface area contributed by atoms with Crippen molar-refractivity contribution in [2.24, 2.45) is 0 Å². The minimum atomic E-state index is -4.67. The number of carbonyl (C=O) groups is 1. The van der Waals surface area contributed by atoms with E-state index in [0.29, 0.717) is 5.69 Å². The molecule has 0 radical (unpaired) electrons. The van der Waals surface area contributed by atoms with Crippen molar-refractivity contribution < 1.29 is 18.0 Å². The molecular weight excluding hydrogens is 365 g/mol. The number of H-pyrrole nitrogens is 1. The summed E-state index contributed by atoms with van der Waals surface area (Å²) in [5.74, 6) is -2.11. The van der Waals surface area contributed by atoms with Crippen molar-refractivity contribution in [3.8, 4) is 5.95 Å². The number of alkyl halides is 3. The third kappa shape index (κ3) is 3.93. The second-order valence-corrected chi connectivity index (χ2v) is 5.96. The van der Waals surface area contributed by atoms with Gasteiger partial charge in [-0.15, -0.1) is 10.2 Å². The maximum atomic E-state index is 12.6. The molecule has 0 aliphatic carbocycles. The Morgan fingerprint density at radius 3 is 2.56 bits per heavy atom. The van der Waals surface area contributed by atoms with E-state index in [1.54, 1.807) is 17.2 Å². The summed E-state index contributed by atoms with van der Waals surface area (Å²) in [5, 5.41) is 11.7. The number of aryl methyl sites for hydroxylation is 1. The van der Waals surface area contributed by atoms with Crippen LogP contribution in [-0.4, -0.2) is 40.8 Å². The van der Waals surface area contributed by atoms with Crippen LogP contribution < -0.4 is 5.32 Å². The summed E-state index contributed by atoms with van der Waals surface area (Å²) >= 11 is 0. The fourth-order valence-electron chi connectivity index (χ4n) is 2.16. The van der Waals surface area contributed by atoms with Crippen molar-refractivity contribution in [1.29, 1.82) is 0 Å². The highest BCUT2D eigenvalue weighted by Crippen LogP contribution is 2.26. The number of amides is 1. The van der Waals surface area contributed by atoms with Gasteiger partial charge in [0.15, 0.2) is 0 Å². The van der Waals surface area contributed by atoms with Crippen molar-refractivity contribution in [1.82, 2.24) is 34.9 Å². The van der Waals surface area contributed by atoms with Gasteiger partial charge in [-0.3, -0.25) is 14.9 Å². The quantitative estimate of drug-likeness (QED) is 0.719. The highest BCUT2D eigenvalue weighted by molar-refractivity contribution is 6.01. The number of anilines is 1. The Morgan fingerprint density at radius 1 is 1.26 bits per heavy atom. The molecule has 142 valence electrons. The van der Waals surface area contributed by atoms with E-state index in [4.69, 9.17) is 0 Å². The molecule has 12 heteroatoms. The van der Waals surface area contributed by atoms with E-state index >= 15 is 0 Å². The van der Waals surface area contributed by atoms with Crippen LogP contribution in [0.15, 0.2) is 18.3 Å². The van der Waals surface area contributed by atoms with E-state index in [0.717, 1.165) is 10.4 Å². The van der Waals surface area contributed by atoms with Gasteiger partial charge in [0, 0.05) is 5.69 Å². The Kier molecular flexibility index (Phi) is 4.64. The SMILES string of the molecule is Cc1nc(C(=O)Nc2ccc(C(C)C)nc2)nn1-c1n[nH]c(C(F)(F)F)n1. The summed E-state index contributed by atoms with van der Waals surface area (Å²) in [6.07, 6.45) is -3.17. The fraction of sp³-hybridized carbons (Fsp3) is 0.333. The Morgan fingerprint density at radius 2 is 2.00 bits per heavy atom. The summed E-state index contributed by atoms with van der Waals surface area (Å²) in [5.41, 5.74) is 1.31. The number of rotatable bonds is 4. The highest BCUT2D eigenvalue weighted by atomic mass is 19.4. The molecular formula is C15H15F3N8O. The summed E-state index contributed by atoms with van der Waals surface area (Å²) in [6, 6.07) is 3.47. The number of aromatic nitrogens is 7. The van der Waals surface area contributed by atoms with E-state index < -0.39 is 17.9 Å². The average Bonchev–Trinajstić information content (AvgIpc) is 3.21. The zero-order valence-electron chi connectivity index (χ0n) is 14.5. The monoisotopic (exact) mass is 380 g/mol. The molecule has 0 spiro atoms. The molecule has 0 atom stereocenters. The summed E-state index contributed by atoms with van der Waals surface area (Å²) in [6.45, 7) is 5.45. The normalized spacial score (nSPS) is 11.8. The Balaban J connectivity index is 1.79. The van der Waals surface area contributed by atoms with E-state index in [2.05, 4.69) is 30.5 Å². The van der Waals surface area contributed by atoms with Crippen molar-refractivity contribution in [2.45, 2.75) is 32.9 Å². The molecule has 2 N–H and O–H groups in total. The molecule has 0 saturated carbocycles. The molecule has 1 amide bonds. The minimum absolute atomic E-state index is 0.154. The average molecular weight is 380 g/mol. The number of nitrogens with zero attached hydrogens (tertiary/aromatic N) is 6. The Bertz CT molecular complexity index is 958. The van der Waals surface area contributed by atoms with Gasteiger partial charge in [0.2, 0.25) is 11.6 Å². The van der Waals surface area contributed by atoms with Crippen LogP contribution in [0.2, 0.25) is 0 Å². The number of nitrogens with one attached hydrogen (secondary N) is 2. The van der Waals surface area contributed by atoms with E-state index in [9.17, 15) is 18.0 Å². The van der Waals surface area contributed by atoms with Crippen molar-refractivity contribution >= 4 is 11.6 Å². The van der Waals surface area contributed by atoms with Crippen LogP contribution in [0, 0.1) is 6.92 Å². The summed E-state index contributed by atoms with van der Waals surface area (Å²) in [4.78, 5) is 23.8.